The lowest BCUT2D eigenvalue weighted by Crippen LogP contribution is -1.96. The van der Waals surface area contributed by atoms with E-state index in [9.17, 15) is 9.50 Å². The van der Waals surface area contributed by atoms with Gasteiger partial charge in [-0.2, -0.15) is 0 Å². The Labute approximate surface area is 125 Å². The Bertz CT molecular complexity index is 602. The highest BCUT2D eigenvalue weighted by molar-refractivity contribution is 7.99. The normalized spacial score (nSPS) is 12.5. The van der Waals surface area contributed by atoms with Crippen molar-refractivity contribution >= 4 is 35.0 Å². The number of aliphatic hydroxyl groups is 1. The zero-order valence-corrected chi connectivity index (χ0v) is 12.4. The zero-order valence-electron chi connectivity index (χ0n) is 10.0. The second-order valence-electron chi connectivity index (χ2n) is 4.01. The fourth-order valence-electron chi connectivity index (χ4n) is 1.63. The summed E-state index contributed by atoms with van der Waals surface area (Å²) in [6.07, 6.45) is -0.754. The summed E-state index contributed by atoms with van der Waals surface area (Å²) in [7, 11) is 0. The van der Waals surface area contributed by atoms with E-state index in [0.29, 0.717) is 25.4 Å². The van der Waals surface area contributed by atoms with Gasteiger partial charge in [-0.3, -0.25) is 0 Å². The SMILES string of the molecule is C[C@H](O)c1cccc(F)c1Sc1cc(Cl)ccc1Cl. The van der Waals surface area contributed by atoms with Gasteiger partial charge in [0.15, 0.2) is 0 Å². The van der Waals surface area contributed by atoms with E-state index < -0.39 is 6.10 Å². The Balaban J connectivity index is 2.46. The molecule has 2 aromatic carbocycles. The average Bonchev–Trinajstić information content (AvgIpc) is 2.35. The van der Waals surface area contributed by atoms with Crippen molar-refractivity contribution in [1.82, 2.24) is 0 Å². The number of hydrogen-bond acceptors (Lipinski definition) is 2. The predicted octanol–water partition coefficient (Wildman–Crippen LogP) is 5.34. The molecule has 2 aromatic rings. The molecule has 2 rings (SSSR count). The van der Waals surface area contributed by atoms with E-state index in [2.05, 4.69) is 0 Å². The molecule has 0 unspecified atom stereocenters. The Morgan fingerprint density at radius 3 is 2.63 bits per heavy atom. The first-order valence-corrected chi connectivity index (χ1v) is 7.15. The number of benzene rings is 2. The van der Waals surface area contributed by atoms with Crippen LogP contribution in [0.4, 0.5) is 4.39 Å². The molecule has 0 radical (unpaired) electrons. The van der Waals surface area contributed by atoms with Crippen LogP contribution in [0.15, 0.2) is 46.2 Å². The lowest BCUT2D eigenvalue weighted by molar-refractivity contribution is 0.195. The van der Waals surface area contributed by atoms with Gasteiger partial charge in [-0.15, -0.1) is 0 Å². The number of hydrogen-bond donors (Lipinski definition) is 1. The fraction of sp³-hybridized carbons (Fsp3) is 0.143. The first kappa shape index (κ1) is 14.7. The third-order valence-electron chi connectivity index (χ3n) is 2.55. The highest BCUT2D eigenvalue weighted by atomic mass is 35.5. The minimum Gasteiger partial charge on any atom is -0.389 e. The lowest BCUT2D eigenvalue weighted by atomic mass is 10.1. The van der Waals surface area contributed by atoms with Crippen LogP contribution in [-0.4, -0.2) is 5.11 Å². The minimum absolute atomic E-state index is 0.363. The highest BCUT2D eigenvalue weighted by Gasteiger charge is 2.15. The molecule has 1 atom stereocenters. The van der Waals surface area contributed by atoms with E-state index in [1.165, 1.54) is 6.07 Å². The molecule has 0 spiro atoms. The number of aliphatic hydroxyl groups excluding tert-OH is 1. The van der Waals surface area contributed by atoms with Gasteiger partial charge in [0, 0.05) is 9.92 Å². The van der Waals surface area contributed by atoms with Crippen molar-refractivity contribution in [3.8, 4) is 0 Å². The van der Waals surface area contributed by atoms with Crippen molar-refractivity contribution in [2.45, 2.75) is 22.8 Å². The molecule has 0 amide bonds. The summed E-state index contributed by atoms with van der Waals surface area (Å²) in [6, 6.07) is 9.62. The van der Waals surface area contributed by atoms with Crippen LogP contribution in [0.1, 0.15) is 18.6 Å². The molecule has 19 heavy (non-hydrogen) atoms. The average molecular weight is 317 g/mol. The van der Waals surface area contributed by atoms with Gasteiger partial charge < -0.3 is 5.11 Å². The van der Waals surface area contributed by atoms with E-state index in [1.54, 1.807) is 37.3 Å². The summed E-state index contributed by atoms with van der Waals surface area (Å²) in [5.74, 6) is -0.389. The maximum atomic E-state index is 13.9. The molecule has 0 aromatic heterocycles. The third kappa shape index (κ3) is 3.42. The molecule has 1 nitrogen and oxygen atoms in total. The summed E-state index contributed by atoms with van der Waals surface area (Å²) in [6.45, 7) is 1.60. The Morgan fingerprint density at radius 1 is 1.21 bits per heavy atom. The molecule has 1 N–H and O–H groups in total. The highest BCUT2D eigenvalue weighted by Crippen LogP contribution is 2.39. The van der Waals surface area contributed by atoms with E-state index in [1.807, 2.05) is 0 Å². The van der Waals surface area contributed by atoms with Crippen LogP contribution in [0.25, 0.3) is 0 Å². The number of rotatable bonds is 3. The largest absolute Gasteiger partial charge is 0.389 e. The predicted molar refractivity (Wildman–Crippen MR) is 77.6 cm³/mol. The summed E-state index contributed by atoms with van der Waals surface area (Å²) < 4.78 is 13.9. The Hall–Kier alpha value is -0.740. The van der Waals surface area contributed by atoms with Gasteiger partial charge in [-0.1, -0.05) is 47.1 Å². The molecule has 0 aliphatic rings. The molecular formula is C14H11Cl2FOS. The topological polar surface area (TPSA) is 20.2 Å². The van der Waals surface area contributed by atoms with Crippen LogP contribution in [0.3, 0.4) is 0 Å². The lowest BCUT2D eigenvalue weighted by Gasteiger charge is -2.13. The molecule has 0 aliphatic carbocycles. The van der Waals surface area contributed by atoms with Crippen LogP contribution >= 0.6 is 35.0 Å². The molecule has 5 heteroatoms. The van der Waals surface area contributed by atoms with Crippen molar-refractivity contribution in [3.05, 3.63) is 57.8 Å². The summed E-state index contributed by atoms with van der Waals surface area (Å²) in [5, 5.41) is 10.7. The second kappa shape index (κ2) is 6.14. The molecule has 0 saturated carbocycles. The summed E-state index contributed by atoms with van der Waals surface area (Å²) in [5.41, 5.74) is 0.529. The van der Waals surface area contributed by atoms with Crippen LogP contribution < -0.4 is 0 Å². The standard InChI is InChI=1S/C14H11Cl2FOS/c1-8(18)10-3-2-4-12(17)14(10)19-13-7-9(15)5-6-11(13)16/h2-8,18H,1H3/t8-/m0/s1. The van der Waals surface area contributed by atoms with Crippen molar-refractivity contribution in [2.75, 3.05) is 0 Å². The van der Waals surface area contributed by atoms with Gasteiger partial charge in [-0.05, 0) is 36.8 Å². The maximum absolute atomic E-state index is 13.9. The van der Waals surface area contributed by atoms with Gasteiger partial charge in [0.05, 0.1) is 16.0 Å². The fourth-order valence-corrected chi connectivity index (χ4v) is 3.19. The molecule has 0 fully saturated rings. The van der Waals surface area contributed by atoms with Gasteiger partial charge in [0.2, 0.25) is 0 Å². The van der Waals surface area contributed by atoms with E-state index in [4.69, 9.17) is 23.2 Å². The van der Waals surface area contributed by atoms with E-state index >= 15 is 0 Å². The van der Waals surface area contributed by atoms with Gasteiger partial charge in [-0.25, -0.2) is 4.39 Å². The first-order valence-electron chi connectivity index (χ1n) is 5.58. The van der Waals surface area contributed by atoms with E-state index in [0.717, 1.165) is 11.8 Å². The smallest absolute Gasteiger partial charge is 0.137 e. The van der Waals surface area contributed by atoms with Crippen molar-refractivity contribution in [2.24, 2.45) is 0 Å². The van der Waals surface area contributed by atoms with Crippen LogP contribution in [0.2, 0.25) is 10.0 Å². The molecule has 0 saturated heterocycles. The minimum atomic E-state index is -0.754. The summed E-state index contributed by atoms with van der Waals surface area (Å²) in [4.78, 5) is 1.02. The Morgan fingerprint density at radius 2 is 1.95 bits per heavy atom. The molecule has 0 heterocycles. The molecule has 0 bridgehead atoms. The maximum Gasteiger partial charge on any atom is 0.137 e. The van der Waals surface area contributed by atoms with Crippen molar-refractivity contribution in [3.63, 3.8) is 0 Å². The van der Waals surface area contributed by atoms with Crippen LogP contribution in [0.5, 0.6) is 0 Å². The van der Waals surface area contributed by atoms with Gasteiger partial charge in [0.1, 0.15) is 5.82 Å². The van der Waals surface area contributed by atoms with Gasteiger partial charge >= 0.3 is 0 Å². The quantitative estimate of drug-likeness (QED) is 0.825. The Kier molecular flexibility index (Phi) is 4.74. The van der Waals surface area contributed by atoms with Crippen LogP contribution in [-0.2, 0) is 0 Å². The summed E-state index contributed by atoms with van der Waals surface area (Å²) >= 11 is 13.1. The monoisotopic (exact) mass is 316 g/mol. The first-order chi connectivity index (χ1) is 8.99. The van der Waals surface area contributed by atoms with Crippen LogP contribution in [0, 0.1) is 5.82 Å². The van der Waals surface area contributed by atoms with Gasteiger partial charge in [0.25, 0.3) is 0 Å². The van der Waals surface area contributed by atoms with Crippen molar-refractivity contribution < 1.29 is 9.50 Å². The van der Waals surface area contributed by atoms with Crippen molar-refractivity contribution in [1.29, 1.82) is 0 Å². The molecule has 0 aliphatic heterocycles. The molecular weight excluding hydrogens is 306 g/mol. The second-order valence-corrected chi connectivity index (χ2v) is 5.91. The zero-order chi connectivity index (χ0) is 14.0. The number of halogens is 3. The molecule has 100 valence electrons. The third-order valence-corrected chi connectivity index (χ3v) is 4.42. The van der Waals surface area contributed by atoms with E-state index in [-0.39, 0.29) is 5.82 Å².